The van der Waals surface area contributed by atoms with Crippen molar-refractivity contribution in [2.45, 2.75) is 33.3 Å². The van der Waals surface area contributed by atoms with Crippen LogP contribution in [-0.2, 0) is 19.4 Å². The lowest BCUT2D eigenvalue weighted by Crippen LogP contribution is -2.01. The molecule has 0 radical (unpaired) electrons. The maximum Gasteiger partial charge on any atom is 0.336 e. The van der Waals surface area contributed by atoms with Gasteiger partial charge in [-0.05, 0) is 24.1 Å². The van der Waals surface area contributed by atoms with Crippen LogP contribution in [0.1, 0.15) is 31.1 Å². The zero-order chi connectivity index (χ0) is 15.5. The first kappa shape index (κ1) is 14.3. The van der Waals surface area contributed by atoms with Crippen molar-refractivity contribution >= 4 is 11.0 Å². The van der Waals surface area contributed by atoms with Gasteiger partial charge in [-0.15, -0.1) is 0 Å². The van der Waals surface area contributed by atoms with E-state index in [2.05, 4.69) is 10.1 Å². The molecular formula is C16H16N2O4. The Morgan fingerprint density at radius 3 is 2.77 bits per heavy atom. The molecule has 22 heavy (non-hydrogen) atoms. The lowest BCUT2D eigenvalue weighted by Gasteiger charge is -2.06. The predicted molar refractivity (Wildman–Crippen MR) is 79.9 cm³/mol. The maximum absolute atomic E-state index is 11.5. The number of rotatable bonds is 5. The minimum Gasteiger partial charge on any atom is -0.484 e. The Morgan fingerprint density at radius 2 is 2.05 bits per heavy atom. The zero-order valence-corrected chi connectivity index (χ0v) is 12.5. The summed E-state index contributed by atoms with van der Waals surface area (Å²) in [6, 6.07) is 6.94. The molecule has 3 rings (SSSR count). The summed E-state index contributed by atoms with van der Waals surface area (Å²) in [5.74, 6) is 1.65. The van der Waals surface area contributed by atoms with Crippen molar-refractivity contribution in [2.24, 2.45) is 0 Å². The van der Waals surface area contributed by atoms with Crippen LogP contribution in [-0.4, -0.2) is 10.1 Å². The van der Waals surface area contributed by atoms with Gasteiger partial charge in [-0.2, -0.15) is 4.98 Å². The van der Waals surface area contributed by atoms with E-state index in [1.54, 1.807) is 6.07 Å². The number of ether oxygens (including phenoxy) is 1. The molecule has 0 aliphatic rings. The van der Waals surface area contributed by atoms with Crippen molar-refractivity contribution in [3.8, 4) is 5.75 Å². The van der Waals surface area contributed by atoms with E-state index in [-0.39, 0.29) is 12.2 Å². The number of fused-ring (bicyclic) bond motifs is 1. The quantitative estimate of drug-likeness (QED) is 0.674. The molecule has 6 nitrogen and oxygen atoms in total. The molecule has 0 aliphatic carbocycles. The second-order valence-electron chi connectivity index (χ2n) is 4.85. The van der Waals surface area contributed by atoms with E-state index in [1.165, 1.54) is 6.07 Å². The van der Waals surface area contributed by atoms with Crippen LogP contribution in [0.5, 0.6) is 5.75 Å². The second-order valence-corrected chi connectivity index (χ2v) is 4.85. The molecule has 0 atom stereocenters. The Morgan fingerprint density at radius 1 is 1.18 bits per heavy atom. The number of nitrogens with zero attached hydrogens (tertiary/aromatic N) is 2. The van der Waals surface area contributed by atoms with E-state index in [1.807, 2.05) is 26.0 Å². The molecule has 0 fully saturated rings. The van der Waals surface area contributed by atoms with Crippen molar-refractivity contribution in [1.82, 2.24) is 10.1 Å². The van der Waals surface area contributed by atoms with E-state index < -0.39 is 0 Å². The van der Waals surface area contributed by atoms with E-state index >= 15 is 0 Å². The number of hydrogen-bond donors (Lipinski definition) is 0. The first-order chi connectivity index (χ1) is 10.7. The summed E-state index contributed by atoms with van der Waals surface area (Å²) in [6.07, 6.45) is 1.48. The fourth-order valence-corrected chi connectivity index (χ4v) is 2.23. The van der Waals surface area contributed by atoms with Gasteiger partial charge in [0, 0.05) is 23.9 Å². The summed E-state index contributed by atoms with van der Waals surface area (Å²) < 4.78 is 15.9. The smallest absolute Gasteiger partial charge is 0.336 e. The topological polar surface area (TPSA) is 78.4 Å². The van der Waals surface area contributed by atoms with Gasteiger partial charge in [-0.1, -0.05) is 19.0 Å². The van der Waals surface area contributed by atoms with Crippen molar-refractivity contribution in [3.05, 3.63) is 52.0 Å². The molecule has 3 aromatic rings. The van der Waals surface area contributed by atoms with Gasteiger partial charge in [-0.3, -0.25) is 0 Å². The van der Waals surface area contributed by atoms with E-state index in [9.17, 15) is 4.79 Å². The van der Waals surface area contributed by atoms with Crippen LogP contribution >= 0.6 is 0 Å². The largest absolute Gasteiger partial charge is 0.484 e. The number of aryl methyl sites for hydroxylation is 2. The molecule has 1 aromatic carbocycles. The summed E-state index contributed by atoms with van der Waals surface area (Å²) in [5, 5.41) is 4.72. The fourth-order valence-electron chi connectivity index (χ4n) is 2.23. The summed E-state index contributed by atoms with van der Waals surface area (Å²) in [6.45, 7) is 4.13. The van der Waals surface area contributed by atoms with Gasteiger partial charge in [0.2, 0.25) is 0 Å². The Bertz CT molecular complexity index is 851. The standard InChI is InChI=1S/C16H16N2O4/c1-3-10-7-16(19)21-13-8-11(5-6-12(10)13)20-9-15-17-14(4-2)18-22-15/h5-8H,3-4,9H2,1-2H3. The molecular weight excluding hydrogens is 284 g/mol. The average Bonchev–Trinajstić information content (AvgIpc) is 2.99. The lowest BCUT2D eigenvalue weighted by atomic mass is 10.1. The van der Waals surface area contributed by atoms with Crippen LogP contribution in [0, 0.1) is 0 Å². The molecule has 0 N–H and O–H groups in total. The van der Waals surface area contributed by atoms with Crippen LogP contribution < -0.4 is 10.4 Å². The van der Waals surface area contributed by atoms with Gasteiger partial charge in [0.25, 0.3) is 5.89 Å². The fraction of sp³-hybridized carbons (Fsp3) is 0.312. The molecule has 0 saturated carbocycles. The number of hydrogen-bond acceptors (Lipinski definition) is 6. The van der Waals surface area contributed by atoms with Crippen LogP contribution in [0.3, 0.4) is 0 Å². The third-order valence-corrected chi connectivity index (χ3v) is 3.37. The Kier molecular flexibility index (Phi) is 3.91. The first-order valence-corrected chi connectivity index (χ1v) is 7.20. The number of benzene rings is 1. The lowest BCUT2D eigenvalue weighted by molar-refractivity contribution is 0.242. The number of aromatic nitrogens is 2. The van der Waals surface area contributed by atoms with E-state index in [4.69, 9.17) is 13.7 Å². The van der Waals surface area contributed by atoms with Gasteiger partial charge in [0.05, 0.1) is 0 Å². The molecule has 0 saturated heterocycles. The zero-order valence-electron chi connectivity index (χ0n) is 12.5. The third kappa shape index (κ3) is 2.86. The first-order valence-electron chi connectivity index (χ1n) is 7.20. The Hall–Kier alpha value is -2.63. The summed E-state index contributed by atoms with van der Waals surface area (Å²) in [5.41, 5.74) is 1.12. The highest BCUT2D eigenvalue weighted by molar-refractivity contribution is 5.81. The molecule has 0 bridgehead atoms. The minimum atomic E-state index is -0.356. The summed E-state index contributed by atoms with van der Waals surface area (Å²) in [4.78, 5) is 15.7. The van der Waals surface area contributed by atoms with Gasteiger partial charge in [0.1, 0.15) is 11.3 Å². The van der Waals surface area contributed by atoms with Gasteiger partial charge >= 0.3 is 5.63 Å². The normalized spacial score (nSPS) is 11.0. The monoisotopic (exact) mass is 300 g/mol. The van der Waals surface area contributed by atoms with Crippen molar-refractivity contribution in [2.75, 3.05) is 0 Å². The van der Waals surface area contributed by atoms with E-state index in [0.717, 1.165) is 17.4 Å². The SMILES string of the molecule is CCc1noc(COc2ccc3c(CC)cc(=O)oc3c2)n1. The Balaban J connectivity index is 1.84. The minimum absolute atomic E-state index is 0.177. The van der Waals surface area contributed by atoms with E-state index in [0.29, 0.717) is 29.5 Å². The molecule has 0 aliphatic heterocycles. The summed E-state index contributed by atoms with van der Waals surface area (Å²) >= 11 is 0. The highest BCUT2D eigenvalue weighted by atomic mass is 16.5. The molecule has 2 heterocycles. The third-order valence-electron chi connectivity index (χ3n) is 3.37. The maximum atomic E-state index is 11.5. The second kappa shape index (κ2) is 6.01. The van der Waals surface area contributed by atoms with Gasteiger partial charge < -0.3 is 13.7 Å². The molecule has 0 unspecified atom stereocenters. The Labute approximate surface area is 126 Å². The van der Waals surface area contributed by atoms with Gasteiger partial charge in [-0.25, -0.2) is 4.79 Å². The highest BCUT2D eigenvalue weighted by Crippen LogP contribution is 2.23. The van der Waals surface area contributed by atoms with Gasteiger partial charge in [0.15, 0.2) is 12.4 Å². The molecule has 0 amide bonds. The van der Waals surface area contributed by atoms with Crippen molar-refractivity contribution < 1.29 is 13.7 Å². The average molecular weight is 300 g/mol. The predicted octanol–water partition coefficient (Wildman–Crippen LogP) is 2.88. The molecule has 114 valence electrons. The van der Waals surface area contributed by atoms with Crippen LogP contribution in [0.4, 0.5) is 0 Å². The summed E-state index contributed by atoms with van der Waals surface area (Å²) in [7, 11) is 0. The molecule has 6 heteroatoms. The van der Waals surface area contributed by atoms with Crippen LogP contribution in [0.15, 0.2) is 38.0 Å². The van der Waals surface area contributed by atoms with Crippen LogP contribution in [0.2, 0.25) is 0 Å². The van der Waals surface area contributed by atoms with Crippen molar-refractivity contribution in [1.29, 1.82) is 0 Å². The molecule has 2 aromatic heterocycles. The molecule has 0 spiro atoms. The highest BCUT2D eigenvalue weighted by Gasteiger charge is 2.08. The van der Waals surface area contributed by atoms with Crippen LogP contribution in [0.25, 0.3) is 11.0 Å². The van der Waals surface area contributed by atoms with Crippen molar-refractivity contribution in [3.63, 3.8) is 0 Å².